The number of hydrogen-bond donors (Lipinski definition) is 2. The van der Waals surface area contributed by atoms with E-state index in [-0.39, 0.29) is 10.7 Å². The van der Waals surface area contributed by atoms with Crippen molar-refractivity contribution in [3.63, 3.8) is 0 Å². The van der Waals surface area contributed by atoms with Gasteiger partial charge in [0, 0.05) is 11.3 Å². The molecule has 7 heteroatoms. The number of rotatable bonds is 3. The predicted molar refractivity (Wildman–Crippen MR) is 89.6 cm³/mol. The van der Waals surface area contributed by atoms with Gasteiger partial charge in [-0.05, 0) is 42.9 Å². The number of aryl methyl sites for hydroxylation is 1. The molecule has 0 saturated heterocycles. The summed E-state index contributed by atoms with van der Waals surface area (Å²) < 4.78 is 38.5. The first-order valence-electron chi connectivity index (χ1n) is 6.69. The lowest BCUT2D eigenvalue weighted by Gasteiger charge is -2.10. The summed E-state index contributed by atoms with van der Waals surface area (Å²) >= 11 is 5.04. The van der Waals surface area contributed by atoms with Crippen molar-refractivity contribution < 1.29 is 13.2 Å². The Hall–Kier alpha value is -2.41. The SMILES string of the molecule is Cc1cccc(NC(=S)N/N=C/c2ccccc2C(F)(F)F)c1. The fraction of sp³-hybridized carbons (Fsp3) is 0.125. The van der Waals surface area contributed by atoms with Crippen LogP contribution in [0.2, 0.25) is 0 Å². The number of anilines is 1. The Morgan fingerprint density at radius 1 is 1.13 bits per heavy atom. The van der Waals surface area contributed by atoms with Crippen molar-refractivity contribution in [2.75, 3.05) is 5.32 Å². The van der Waals surface area contributed by atoms with E-state index in [2.05, 4.69) is 15.8 Å². The van der Waals surface area contributed by atoms with Gasteiger partial charge in [-0.3, -0.25) is 5.43 Å². The fourth-order valence-electron chi connectivity index (χ4n) is 1.91. The van der Waals surface area contributed by atoms with Crippen molar-refractivity contribution in [3.8, 4) is 0 Å². The molecular weight excluding hydrogens is 323 g/mol. The summed E-state index contributed by atoms with van der Waals surface area (Å²) in [6.45, 7) is 1.94. The maximum absolute atomic E-state index is 12.8. The Morgan fingerprint density at radius 3 is 2.57 bits per heavy atom. The zero-order valence-corrected chi connectivity index (χ0v) is 13.0. The number of hydrogen-bond acceptors (Lipinski definition) is 2. The highest BCUT2D eigenvalue weighted by molar-refractivity contribution is 7.80. The van der Waals surface area contributed by atoms with Crippen molar-refractivity contribution in [3.05, 3.63) is 65.2 Å². The summed E-state index contributed by atoms with van der Waals surface area (Å²) in [6, 6.07) is 12.7. The summed E-state index contributed by atoms with van der Waals surface area (Å²) in [5.74, 6) is 0. The van der Waals surface area contributed by atoms with Crippen LogP contribution in [0.4, 0.5) is 18.9 Å². The summed E-state index contributed by atoms with van der Waals surface area (Å²) in [4.78, 5) is 0. The molecule has 2 N–H and O–H groups in total. The minimum atomic E-state index is -4.43. The van der Waals surface area contributed by atoms with E-state index in [1.807, 2.05) is 31.2 Å². The third kappa shape index (κ3) is 5.07. The highest BCUT2D eigenvalue weighted by Gasteiger charge is 2.32. The van der Waals surface area contributed by atoms with Crippen LogP contribution in [0.3, 0.4) is 0 Å². The molecule has 0 radical (unpaired) electrons. The first-order valence-corrected chi connectivity index (χ1v) is 7.10. The van der Waals surface area contributed by atoms with Gasteiger partial charge in [0.2, 0.25) is 0 Å². The molecule has 2 aromatic rings. The Balaban J connectivity index is 2.01. The Kier molecular flexibility index (Phi) is 5.33. The van der Waals surface area contributed by atoms with E-state index in [1.54, 1.807) is 0 Å². The number of hydrazone groups is 1. The van der Waals surface area contributed by atoms with Gasteiger partial charge in [0.1, 0.15) is 0 Å². The van der Waals surface area contributed by atoms with Crippen molar-refractivity contribution in [1.29, 1.82) is 0 Å². The van der Waals surface area contributed by atoms with E-state index in [1.165, 1.54) is 18.2 Å². The lowest BCUT2D eigenvalue weighted by Crippen LogP contribution is -2.24. The lowest BCUT2D eigenvalue weighted by molar-refractivity contribution is -0.137. The molecule has 0 bridgehead atoms. The van der Waals surface area contributed by atoms with Gasteiger partial charge < -0.3 is 5.32 Å². The van der Waals surface area contributed by atoms with Crippen LogP contribution in [0.1, 0.15) is 16.7 Å². The van der Waals surface area contributed by atoms with Crippen LogP contribution < -0.4 is 10.7 Å². The highest BCUT2D eigenvalue weighted by atomic mass is 32.1. The van der Waals surface area contributed by atoms with Crippen molar-refractivity contribution in [2.24, 2.45) is 5.10 Å². The highest BCUT2D eigenvalue weighted by Crippen LogP contribution is 2.30. The second-order valence-electron chi connectivity index (χ2n) is 4.78. The van der Waals surface area contributed by atoms with Crippen molar-refractivity contribution >= 4 is 29.2 Å². The van der Waals surface area contributed by atoms with E-state index in [0.717, 1.165) is 23.5 Å². The molecule has 0 unspecified atom stereocenters. The van der Waals surface area contributed by atoms with E-state index in [4.69, 9.17) is 12.2 Å². The van der Waals surface area contributed by atoms with E-state index < -0.39 is 11.7 Å². The molecule has 0 saturated carbocycles. The Morgan fingerprint density at radius 2 is 1.87 bits per heavy atom. The van der Waals surface area contributed by atoms with Crippen molar-refractivity contribution in [2.45, 2.75) is 13.1 Å². The molecule has 0 heterocycles. The van der Waals surface area contributed by atoms with Gasteiger partial charge in [-0.2, -0.15) is 18.3 Å². The lowest BCUT2D eigenvalue weighted by atomic mass is 10.1. The average Bonchev–Trinajstić information content (AvgIpc) is 2.46. The molecule has 0 aliphatic carbocycles. The predicted octanol–water partition coefficient (Wildman–Crippen LogP) is 4.33. The molecule has 0 aromatic heterocycles. The monoisotopic (exact) mass is 337 g/mol. The van der Waals surface area contributed by atoms with Crippen LogP contribution in [0.5, 0.6) is 0 Å². The van der Waals surface area contributed by atoms with Crippen LogP contribution in [0, 0.1) is 6.92 Å². The van der Waals surface area contributed by atoms with Crippen LogP contribution >= 0.6 is 12.2 Å². The molecule has 3 nitrogen and oxygen atoms in total. The van der Waals surface area contributed by atoms with Crippen LogP contribution in [0.15, 0.2) is 53.6 Å². The normalized spacial score (nSPS) is 11.5. The average molecular weight is 337 g/mol. The Labute approximate surface area is 137 Å². The molecule has 0 atom stereocenters. The standard InChI is InChI=1S/C16H14F3N3S/c1-11-5-4-7-13(9-11)21-15(23)22-20-10-12-6-2-3-8-14(12)16(17,18)19/h2-10H,1H3,(H2,21,22,23)/b20-10+. The third-order valence-corrected chi connectivity index (χ3v) is 3.11. The van der Waals surface area contributed by atoms with Crippen LogP contribution in [-0.2, 0) is 6.18 Å². The smallest absolute Gasteiger partial charge is 0.331 e. The molecule has 0 spiro atoms. The molecule has 2 rings (SSSR count). The summed E-state index contributed by atoms with van der Waals surface area (Å²) in [7, 11) is 0. The van der Waals surface area contributed by atoms with Gasteiger partial charge >= 0.3 is 6.18 Å². The van der Waals surface area contributed by atoms with Crippen LogP contribution in [-0.4, -0.2) is 11.3 Å². The number of thiocarbonyl (C=S) groups is 1. The van der Waals surface area contributed by atoms with Gasteiger partial charge in [-0.25, -0.2) is 0 Å². The first kappa shape index (κ1) is 17.0. The quantitative estimate of drug-likeness (QED) is 0.497. The number of alkyl halides is 3. The second kappa shape index (κ2) is 7.23. The number of nitrogens with zero attached hydrogens (tertiary/aromatic N) is 1. The maximum Gasteiger partial charge on any atom is 0.417 e. The number of nitrogens with one attached hydrogen (secondary N) is 2. The largest absolute Gasteiger partial charge is 0.417 e. The summed E-state index contributed by atoms with van der Waals surface area (Å²) in [6.07, 6.45) is -3.34. The molecule has 2 aromatic carbocycles. The number of benzene rings is 2. The molecule has 0 amide bonds. The molecule has 0 fully saturated rings. The van der Waals surface area contributed by atoms with E-state index in [9.17, 15) is 13.2 Å². The van der Waals surface area contributed by atoms with Gasteiger partial charge in [0.05, 0.1) is 11.8 Å². The molecular formula is C16H14F3N3S. The summed E-state index contributed by atoms with van der Waals surface area (Å²) in [5, 5.41) is 6.84. The van der Waals surface area contributed by atoms with E-state index in [0.29, 0.717) is 0 Å². The molecule has 0 aliphatic heterocycles. The van der Waals surface area contributed by atoms with Gasteiger partial charge in [-0.15, -0.1) is 0 Å². The van der Waals surface area contributed by atoms with Gasteiger partial charge in [0.15, 0.2) is 5.11 Å². The topological polar surface area (TPSA) is 36.4 Å². The maximum atomic E-state index is 12.8. The first-order chi connectivity index (χ1) is 10.9. The van der Waals surface area contributed by atoms with Gasteiger partial charge in [-0.1, -0.05) is 30.3 Å². The molecule has 0 aliphatic rings. The van der Waals surface area contributed by atoms with Gasteiger partial charge in [0.25, 0.3) is 0 Å². The third-order valence-electron chi connectivity index (χ3n) is 2.91. The fourth-order valence-corrected chi connectivity index (χ4v) is 2.08. The minimum Gasteiger partial charge on any atom is -0.331 e. The summed E-state index contributed by atoms with van der Waals surface area (Å²) in [5.41, 5.74) is 3.54. The zero-order valence-electron chi connectivity index (χ0n) is 12.2. The molecule has 120 valence electrons. The Bertz CT molecular complexity index is 727. The minimum absolute atomic E-state index is 0.0362. The number of halogens is 3. The second-order valence-corrected chi connectivity index (χ2v) is 5.19. The van der Waals surface area contributed by atoms with Crippen molar-refractivity contribution in [1.82, 2.24) is 5.43 Å². The molecule has 23 heavy (non-hydrogen) atoms. The van der Waals surface area contributed by atoms with E-state index >= 15 is 0 Å². The zero-order chi connectivity index (χ0) is 16.9. The van der Waals surface area contributed by atoms with Crippen LogP contribution in [0.25, 0.3) is 0 Å².